The highest BCUT2D eigenvalue weighted by Gasteiger charge is 2.18. The smallest absolute Gasteiger partial charge is 0.179 e. The van der Waals surface area contributed by atoms with Crippen molar-refractivity contribution in [2.75, 3.05) is 23.5 Å². The Hall–Kier alpha value is -0.600. The molecule has 1 aromatic rings. The normalized spacial score (nSPS) is 12.6. The zero-order valence-corrected chi connectivity index (χ0v) is 13.0. The molecule has 0 aliphatic carbocycles. The third-order valence-corrected chi connectivity index (χ3v) is 6.02. The Balaban J connectivity index is 2.87. The number of hydrogen-bond acceptors (Lipinski definition) is 5. The molecule has 0 heterocycles. The second-order valence-electron chi connectivity index (χ2n) is 3.99. The van der Waals surface area contributed by atoms with E-state index in [1.165, 1.54) is 18.2 Å². The van der Waals surface area contributed by atoms with Crippen molar-refractivity contribution in [3.8, 4) is 0 Å². The van der Waals surface area contributed by atoms with Gasteiger partial charge >= 0.3 is 0 Å². The van der Waals surface area contributed by atoms with Crippen LogP contribution < -0.4 is 5.73 Å². The van der Waals surface area contributed by atoms with Crippen molar-refractivity contribution in [3.63, 3.8) is 0 Å². The quantitative estimate of drug-likeness (QED) is 0.801. The lowest BCUT2D eigenvalue weighted by Crippen LogP contribution is -2.12. The average Bonchev–Trinajstić information content (AvgIpc) is 2.13. The van der Waals surface area contributed by atoms with E-state index in [4.69, 9.17) is 5.73 Å². The molecule has 0 amide bonds. The van der Waals surface area contributed by atoms with Crippen LogP contribution in [0.15, 0.2) is 27.6 Å². The van der Waals surface area contributed by atoms with Crippen LogP contribution in [0, 0.1) is 0 Å². The van der Waals surface area contributed by atoms with Crippen molar-refractivity contribution in [1.82, 2.24) is 0 Å². The number of halogens is 1. The lowest BCUT2D eigenvalue weighted by molar-refractivity contribution is 0.592. The summed E-state index contributed by atoms with van der Waals surface area (Å²) < 4.78 is 46.2. The molecule has 0 bridgehead atoms. The van der Waals surface area contributed by atoms with E-state index in [0.29, 0.717) is 10.2 Å². The van der Waals surface area contributed by atoms with E-state index in [1.54, 1.807) is 0 Å². The number of nitrogens with two attached hydrogens (primary N) is 1. The van der Waals surface area contributed by atoms with Gasteiger partial charge in [-0.1, -0.05) is 0 Å². The first kappa shape index (κ1) is 15.5. The number of benzene rings is 1. The molecule has 0 aliphatic heterocycles. The monoisotopic (exact) mass is 355 g/mol. The summed E-state index contributed by atoms with van der Waals surface area (Å²) in [5.41, 5.74) is 5.98. The lowest BCUT2D eigenvalue weighted by atomic mass is 10.3. The molecular formula is C10H14BrNO4S2. The Kier molecular flexibility index (Phi) is 4.79. The molecule has 2 N–H and O–H groups in total. The number of sulfone groups is 2. The van der Waals surface area contributed by atoms with Gasteiger partial charge < -0.3 is 5.73 Å². The first-order valence-corrected chi connectivity index (χ1v) is 9.58. The van der Waals surface area contributed by atoms with E-state index in [1.807, 2.05) is 0 Å². The van der Waals surface area contributed by atoms with Crippen LogP contribution in [0.2, 0.25) is 0 Å². The highest BCUT2D eigenvalue weighted by atomic mass is 79.9. The highest BCUT2D eigenvalue weighted by Crippen LogP contribution is 2.25. The van der Waals surface area contributed by atoms with E-state index >= 15 is 0 Å². The Morgan fingerprint density at radius 2 is 1.78 bits per heavy atom. The van der Waals surface area contributed by atoms with Gasteiger partial charge in [-0.15, -0.1) is 0 Å². The summed E-state index contributed by atoms with van der Waals surface area (Å²) in [5, 5.41) is 0. The molecule has 0 fully saturated rings. The van der Waals surface area contributed by atoms with Crippen molar-refractivity contribution in [2.45, 2.75) is 11.3 Å². The summed E-state index contributed by atoms with van der Waals surface area (Å²) in [6.07, 6.45) is 1.16. The lowest BCUT2D eigenvalue weighted by Gasteiger charge is -2.07. The van der Waals surface area contributed by atoms with Crippen LogP contribution in [-0.2, 0) is 19.7 Å². The van der Waals surface area contributed by atoms with E-state index in [2.05, 4.69) is 15.9 Å². The van der Waals surface area contributed by atoms with Crippen LogP contribution in [0.4, 0.5) is 5.69 Å². The largest absolute Gasteiger partial charge is 0.399 e. The van der Waals surface area contributed by atoms with Gasteiger partial charge in [-0.25, -0.2) is 16.8 Å². The summed E-state index contributed by atoms with van der Waals surface area (Å²) in [6.45, 7) is 0. The molecule has 8 heteroatoms. The van der Waals surface area contributed by atoms with Crippen LogP contribution >= 0.6 is 15.9 Å². The third kappa shape index (κ3) is 4.58. The van der Waals surface area contributed by atoms with Crippen LogP contribution in [0.25, 0.3) is 0 Å². The van der Waals surface area contributed by atoms with Crippen molar-refractivity contribution in [3.05, 3.63) is 22.7 Å². The predicted molar refractivity (Wildman–Crippen MR) is 74.9 cm³/mol. The summed E-state index contributed by atoms with van der Waals surface area (Å²) in [4.78, 5) is 0.130. The fourth-order valence-corrected chi connectivity index (χ4v) is 4.75. The summed E-state index contributed by atoms with van der Waals surface area (Å²) in [6, 6.07) is 4.41. The molecule has 0 aliphatic rings. The minimum absolute atomic E-state index is 0.0813. The zero-order valence-electron chi connectivity index (χ0n) is 9.76. The van der Waals surface area contributed by atoms with Gasteiger partial charge in [-0.05, 0) is 40.5 Å². The molecule has 0 saturated carbocycles. The number of rotatable bonds is 5. The van der Waals surface area contributed by atoms with Crippen LogP contribution in [0.1, 0.15) is 6.42 Å². The molecule has 0 radical (unpaired) electrons. The molecule has 0 aromatic heterocycles. The van der Waals surface area contributed by atoms with Crippen LogP contribution in [0.5, 0.6) is 0 Å². The molecule has 0 spiro atoms. The molecule has 1 rings (SSSR count). The van der Waals surface area contributed by atoms with Gasteiger partial charge in [0.05, 0.1) is 16.4 Å². The van der Waals surface area contributed by atoms with Crippen molar-refractivity contribution in [2.24, 2.45) is 0 Å². The molecule has 0 saturated heterocycles. The maximum absolute atomic E-state index is 12.0. The maximum Gasteiger partial charge on any atom is 0.179 e. The van der Waals surface area contributed by atoms with Crippen LogP contribution in [-0.4, -0.2) is 34.6 Å². The third-order valence-electron chi connectivity index (χ3n) is 2.22. The second-order valence-corrected chi connectivity index (χ2v) is 9.18. The summed E-state index contributed by atoms with van der Waals surface area (Å²) in [5.74, 6) is -0.346. The molecule has 1 aromatic carbocycles. The molecular weight excluding hydrogens is 342 g/mol. The van der Waals surface area contributed by atoms with Gasteiger partial charge in [-0.2, -0.15) is 0 Å². The fraction of sp³-hybridized carbons (Fsp3) is 0.400. The van der Waals surface area contributed by atoms with E-state index in [0.717, 1.165) is 6.26 Å². The summed E-state index contributed by atoms with van der Waals surface area (Å²) >= 11 is 3.14. The summed E-state index contributed by atoms with van der Waals surface area (Å²) in [7, 11) is -6.64. The minimum atomic E-state index is -3.50. The van der Waals surface area contributed by atoms with Crippen LogP contribution in [0.3, 0.4) is 0 Å². The van der Waals surface area contributed by atoms with Gasteiger partial charge in [0.15, 0.2) is 9.84 Å². The topological polar surface area (TPSA) is 94.3 Å². The first-order valence-electron chi connectivity index (χ1n) is 5.07. The Morgan fingerprint density at radius 3 is 2.28 bits per heavy atom. The predicted octanol–water partition coefficient (Wildman–Crippen LogP) is 1.24. The Bertz CT molecular complexity index is 638. The first-order chi connectivity index (χ1) is 8.12. The molecule has 0 unspecified atom stereocenters. The maximum atomic E-state index is 12.0. The van der Waals surface area contributed by atoms with Gasteiger partial charge in [-0.3, -0.25) is 0 Å². The SMILES string of the molecule is CS(=O)(=O)CCCS(=O)(=O)c1ccc(N)cc1Br. The average molecular weight is 356 g/mol. The molecule has 0 atom stereocenters. The Morgan fingerprint density at radius 1 is 1.17 bits per heavy atom. The minimum Gasteiger partial charge on any atom is -0.399 e. The van der Waals surface area contributed by atoms with Crippen molar-refractivity contribution < 1.29 is 16.8 Å². The molecule has 18 heavy (non-hydrogen) atoms. The van der Waals surface area contributed by atoms with E-state index < -0.39 is 19.7 Å². The van der Waals surface area contributed by atoms with Gasteiger partial charge in [0.1, 0.15) is 9.84 Å². The number of anilines is 1. The molecule has 102 valence electrons. The second kappa shape index (κ2) is 5.58. The zero-order chi connectivity index (χ0) is 14.0. The van der Waals surface area contributed by atoms with Gasteiger partial charge in [0.2, 0.25) is 0 Å². The number of nitrogen functional groups attached to an aromatic ring is 1. The highest BCUT2D eigenvalue weighted by molar-refractivity contribution is 9.10. The standard InChI is InChI=1S/C10H14BrNO4S2/c1-17(13,14)5-2-6-18(15,16)10-4-3-8(12)7-9(10)11/h3-4,7H,2,5-6,12H2,1H3. The van der Waals surface area contributed by atoms with Gasteiger partial charge in [0.25, 0.3) is 0 Å². The fourth-order valence-electron chi connectivity index (χ4n) is 1.39. The van der Waals surface area contributed by atoms with Crippen molar-refractivity contribution in [1.29, 1.82) is 0 Å². The van der Waals surface area contributed by atoms with E-state index in [-0.39, 0.29) is 22.8 Å². The number of hydrogen-bond donors (Lipinski definition) is 1. The van der Waals surface area contributed by atoms with Crippen molar-refractivity contribution >= 4 is 41.3 Å². The Labute approximate surface area is 115 Å². The van der Waals surface area contributed by atoms with Gasteiger partial charge in [0, 0.05) is 16.4 Å². The molecule has 5 nitrogen and oxygen atoms in total. The van der Waals surface area contributed by atoms with E-state index in [9.17, 15) is 16.8 Å².